The second kappa shape index (κ2) is 5.96. The summed E-state index contributed by atoms with van der Waals surface area (Å²) >= 11 is 0. The molecule has 2 aromatic heterocycles. The lowest BCUT2D eigenvalue weighted by Crippen LogP contribution is -1.96. The van der Waals surface area contributed by atoms with E-state index in [1.54, 1.807) is 42.2 Å². The Bertz CT molecular complexity index is 851. The van der Waals surface area contributed by atoms with Crippen LogP contribution in [0.3, 0.4) is 0 Å². The zero-order chi connectivity index (χ0) is 16.4. The highest BCUT2D eigenvalue weighted by Gasteiger charge is 2.14. The predicted octanol–water partition coefficient (Wildman–Crippen LogP) is 3.89. The van der Waals surface area contributed by atoms with Gasteiger partial charge in [-0.25, -0.2) is 9.78 Å². The van der Waals surface area contributed by atoms with E-state index in [1.807, 2.05) is 31.2 Å². The van der Waals surface area contributed by atoms with Crippen molar-refractivity contribution in [3.8, 4) is 22.8 Å². The first-order chi connectivity index (χ1) is 11.0. The minimum absolute atomic E-state index is 0.279. The van der Waals surface area contributed by atoms with Crippen LogP contribution in [0.1, 0.15) is 16.1 Å². The highest BCUT2D eigenvalue weighted by atomic mass is 16.5. The second-order valence-corrected chi connectivity index (χ2v) is 5.30. The lowest BCUT2D eigenvalue weighted by molar-refractivity contribution is 0.0697. The topological polar surface area (TPSA) is 64.3 Å². The maximum absolute atomic E-state index is 11.3. The molecule has 0 bridgehead atoms. The van der Waals surface area contributed by atoms with Crippen LogP contribution in [0.25, 0.3) is 11.1 Å². The van der Waals surface area contributed by atoms with Gasteiger partial charge in [0.1, 0.15) is 5.75 Å². The molecule has 2 heterocycles. The quantitative estimate of drug-likeness (QED) is 0.794. The minimum Gasteiger partial charge on any atom is -0.478 e. The zero-order valence-corrected chi connectivity index (χ0v) is 12.9. The van der Waals surface area contributed by atoms with Crippen LogP contribution < -0.4 is 4.74 Å². The summed E-state index contributed by atoms with van der Waals surface area (Å²) in [7, 11) is 1.80. The van der Waals surface area contributed by atoms with Crippen LogP contribution in [0.15, 0.2) is 54.9 Å². The van der Waals surface area contributed by atoms with Gasteiger partial charge in [0.15, 0.2) is 0 Å². The van der Waals surface area contributed by atoms with E-state index >= 15 is 0 Å². The van der Waals surface area contributed by atoms with Gasteiger partial charge < -0.3 is 14.4 Å². The maximum Gasteiger partial charge on any atom is 0.337 e. The number of rotatable bonds is 4. The summed E-state index contributed by atoms with van der Waals surface area (Å²) < 4.78 is 7.44. The third-order valence-corrected chi connectivity index (χ3v) is 3.44. The lowest BCUT2D eigenvalue weighted by Gasteiger charge is -2.06. The summed E-state index contributed by atoms with van der Waals surface area (Å²) in [5.41, 5.74) is 2.67. The Hall–Kier alpha value is -3.08. The number of pyridine rings is 1. The summed E-state index contributed by atoms with van der Waals surface area (Å²) in [5, 5.41) is 9.27. The molecule has 0 aliphatic carbocycles. The van der Waals surface area contributed by atoms with Gasteiger partial charge in [-0.3, -0.25) is 0 Å². The summed E-state index contributed by atoms with van der Waals surface area (Å²) in [6, 6.07) is 12.9. The Balaban J connectivity index is 1.86. The molecule has 0 atom stereocenters. The zero-order valence-electron chi connectivity index (χ0n) is 12.9. The molecule has 23 heavy (non-hydrogen) atoms. The third kappa shape index (κ3) is 3.23. The smallest absolute Gasteiger partial charge is 0.337 e. The molecule has 0 aliphatic rings. The van der Waals surface area contributed by atoms with E-state index in [0.29, 0.717) is 17.2 Å². The Labute approximate surface area is 133 Å². The number of benzene rings is 1. The van der Waals surface area contributed by atoms with Crippen molar-refractivity contribution < 1.29 is 14.6 Å². The normalized spacial score (nSPS) is 10.5. The molecule has 0 spiro atoms. The number of carboxylic acids is 1. The van der Waals surface area contributed by atoms with Crippen LogP contribution in [0.2, 0.25) is 0 Å². The molecule has 0 saturated carbocycles. The van der Waals surface area contributed by atoms with Gasteiger partial charge in [0.25, 0.3) is 0 Å². The number of ether oxygens (including phenoxy) is 1. The molecule has 5 heteroatoms. The monoisotopic (exact) mass is 308 g/mol. The Morgan fingerprint density at radius 2 is 1.87 bits per heavy atom. The van der Waals surface area contributed by atoms with E-state index in [-0.39, 0.29) is 5.56 Å². The molecule has 0 amide bonds. The van der Waals surface area contributed by atoms with Gasteiger partial charge >= 0.3 is 5.97 Å². The van der Waals surface area contributed by atoms with E-state index < -0.39 is 5.97 Å². The highest BCUT2D eigenvalue weighted by molar-refractivity contribution is 5.96. The Morgan fingerprint density at radius 1 is 1.13 bits per heavy atom. The molecule has 3 aromatic rings. The van der Waals surface area contributed by atoms with Crippen molar-refractivity contribution in [1.29, 1.82) is 0 Å². The number of nitrogens with zero attached hydrogens (tertiary/aromatic N) is 2. The molecule has 116 valence electrons. The third-order valence-electron chi connectivity index (χ3n) is 3.44. The van der Waals surface area contributed by atoms with Gasteiger partial charge in [-0.05, 0) is 30.7 Å². The SMILES string of the molecule is Cc1cccc(Oc2ccc(-c3cn(C)cc3C(=O)O)cc2)n1. The summed E-state index contributed by atoms with van der Waals surface area (Å²) in [6.07, 6.45) is 3.39. The Morgan fingerprint density at radius 3 is 2.52 bits per heavy atom. The van der Waals surface area contributed by atoms with Gasteiger partial charge in [-0.1, -0.05) is 18.2 Å². The maximum atomic E-state index is 11.3. The number of hydrogen-bond acceptors (Lipinski definition) is 3. The number of hydrogen-bond donors (Lipinski definition) is 1. The van der Waals surface area contributed by atoms with Crippen LogP contribution in [0.5, 0.6) is 11.6 Å². The first kappa shape index (κ1) is 14.8. The molecular formula is C18H16N2O3. The van der Waals surface area contributed by atoms with Crippen molar-refractivity contribution >= 4 is 5.97 Å². The van der Waals surface area contributed by atoms with Crippen LogP contribution in [-0.2, 0) is 7.05 Å². The van der Waals surface area contributed by atoms with Gasteiger partial charge in [0.2, 0.25) is 5.88 Å². The van der Waals surface area contributed by atoms with Gasteiger partial charge in [0, 0.05) is 36.8 Å². The van der Waals surface area contributed by atoms with E-state index in [2.05, 4.69) is 4.98 Å². The molecule has 1 N–H and O–H groups in total. The highest BCUT2D eigenvalue weighted by Crippen LogP contribution is 2.28. The second-order valence-electron chi connectivity index (χ2n) is 5.30. The van der Waals surface area contributed by atoms with E-state index in [0.717, 1.165) is 11.3 Å². The van der Waals surface area contributed by atoms with Crippen molar-refractivity contribution in [1.82, 2.24) is 9.55 Å². The molecule has 3 rings (SSSR count). The average Bonchev–Trinajstić information content (AvgIpc) is 2.90. The first-order valence-electron chi connectivity index (χ1n) is 7.14. The van der Waals surface area contributed by atoms with Crippen LogP contribution in [-0.4, -0.2) is 20.6 Å². The van der Waals surface area contributed by atoms with Crippen molar-refractivity contribution in [3.05, 3.63) is 66.1 Å². The Kier molecular flexibility index (Phi) is 3.85. The fourth-order valence-corrected chi connectivity index (χ4v) is 2.38. The van der Waals surface area contributed by atoms with E-state index in [4.69, 9.17) is 4.74 Å². The van der Waals surface area contributed by atoms with Crippen molar-refractivity contribution in [2.24, 2.45) is 7.05 Å². The minimum atomic E-state index is -0.940. The number of aromatic carboxylic acids is 1. The summed E-state index contributed by atoms with van der Waals surface area (Å²) in [5.74, 6) is 0.244. The number of carboxylic acid groups (broad SMARTS) is 1. The van der Waals surface area contributed by atoms with Crippen LogP contribution in [0, 0.1) is 6.92 Å². The molecule has 0 saturated heterocycles. The number of aromatic nitrogens is 2. The summed E-state index contributed by atoms with van der Waals surface area (Å²) in [4.78, 5) is 15.6. The predicted molar refractivity (Wildman–Crippen MR) is 86.9 cm³/mol. The van der Waals surface area contributed by atoms with Crippen LogP contribution >= 0.6 is 0 Å². The van der Waals surface area contributed by atoms with Crippen LogP contribution in [0.4, 0.5) is 0 Å². The molecule has 0 fully saturated rings. The first-order valence-corrected chi connectivity index (χ1v) is 7.14. The fraction of sp³-hybridized carbons (Fsp3) is 0.111. The average molecular weight is 308 g/mol. The fourth-order valence-electron chi connectivity index (χ4n) is 2.38. The molecule has 1 aromatic carbocycles. The van der Waals surface area contributed by atoms with Crippen molar-refractivity contribution in [3.63, 3.8) is 0 Å². The van der Waals surface area contributed by atoms with Gasteiger partial charge in [-0.15, -0.1) is 0 Å². The van der Waals surface area contributed by atoms with Gasteiger partial charge in [-0.2, -0.15) is 0 Å². The number of aryl methyl sites for hydroxylation is 2. The molecular weight excluding hydrogens is 292 g/mol. The van der Waals surface area contributed by atoms with E-state index in [9.17, 15) is 9.90 Å². The standard InChI is InChI=1S/C18H16N2O3/c1-12-4-3-5-17(19-12)23-14-8-6-13(7-9-14)15-10-20(2)11-16(15)18(21)22/h3-11H,1-2H3,(H,21,22). The molecule has 0 unspecified atom stereocenters. The number of carbonyl (C=O) groups is 1. The summed E-state index contributed by atoms with van der Waals surface area (Å²) in [6.45, 7) is 1.90. The van der Waals surface area contributed by atoms with Crippen molar-refractivity contribution in [2.45, 2.75) is 6.92 Å². The van der Waals surface area contributed by atoms with Gasteiger partial charge in [0.05, 0.1) is 5.56 Å². The largest absolute Gasteiger partial charge is 0.478 e. The van der Waals surface area contributed by atoms with Crippen molar-refractivity contribution in [2.75, 3.05) is 0 Å². The molecule has 5 nitrogen and oxygen atoms in total. The van der Waals surface area contributed by atoms with E-state index in [1.165, 1.54) is 0 Å². The molecule has 0 aliphatic heterocycles. The lowest BCUT2D eigenvalue weighted by atomic mass is 10.0. The molecule has 0 radical (unpaired) electrons.